The molecule has 1 atom stereocenters. The number of nitrogens with one attached hydrogen (secondary N) is 1. The zero-order chi connectivity index (χ0) is 14.7. The SMILES string of the molecule is Fc1c(Cl)cccc1C(Cc1cccnn1)c1cnc[nH]1. The van der Waals surface area contributed by atoms with E-state index < -0.39 is 5.82 Å². The van der Waals surface area contributed by atoms with E-state index in [-0.39, 0.29) is 10.9 Å². The Kier molecular flexibility index (Phi) is 3.92. The summed E-state index contributed by atoms with van der Waals surface area (Å²) in [7, 11) is 0. The molecular formula is C15H12ClFN4. The van der Waals surface area contributed by atoms with E-state index >= 15 is 0 Å². The quantitative estimate of drug-likeness (QED) is 0.804. The number of hydrogen-bond acceptors (Lipinski definition) is 3. The zero-order valence-corrected chi connectivity index (χ0v) is 11.8. The smallest absolute Gasteiger partial charge is 0.145 e. The molecule has 0 aliphatic rings. The molecular weight excluding hydrogens is 291 g/mol. The molecule has 3 rings (SSSR count). The maximum absolute atomic E-state index is 14.3. The standard InChI is InChI=1S/C15H12ClFN4/c16-13-5-1-4-11(15(13)17)12(14-8-18-9-19-14)7-10-3-2-6-20-21-10/h1-6,8-9,12H,7H2,(H,18,19). The van der Waals surface area contributed by atoms with Gasteiger partial charge in [0, 0.05) is 30.4 Å². The van der Waals surface area contributed by atoms with Crippen LogP contribution < -0.4 is 0 Å². The van der Waals surface area contributed by atoms with Crippen molar-refractivity contribution in [2.45, 2.75) is 12.3 Å². The monoisotopic (exact) mass is 302 g/mol. The normalized spacial score (nSPS) is 12.3. The fraction of sp³-hybridized carbons (Fsp3) is 0.133. The van der Waals surface area contributed by atoms with Crippen LogP contribution in [0.2, 0.25) is 5.02 Å². The summed E-state index contributed by atoms with van der Waals surface area (Å²) in [6.45, 7) is 0. The van der Waals surface area contributed by atoms with Gasteiger partial charge in [-0.1, -0.05) is 23.7 Å². The Balaban J connectivity index is 2.03. The van der Waals surface area contributed by atoms with Gasteiger partial charge in [0.25, 0.3) is 0 Å². The highest BCUT2D eigenvalue weighted by Crippen LogP contribution is 2.31. The molecule has 21 heavy (non-hydrogen) atoms. The highest BCUT2D eigenvalue weighted by atomic mass is 35.5. The molecule has 1 aromatic carbocycles. The molecule has 0 amide bonds. The Hall–Kier alpha value is -2.27. The fourth-order valence-electron chi connectivity index (χ4n) is 2.29. The number of aromatic amines is 1. The van der Waals surface area contributed by atoms with Crippen molar-refractivity contribution in [1.82, 2.24) is 20.2 Å². The second kappa shape index (κ2) is 6.01. The molecule has 2 aromatic heterocycles. The maximum Gasteiger partial charge on any atom is 0.145 e. The van der Waals surface area contributed by atoms with E-state index in [0.717, 1.165) is 11.4 Å². The molecule has 6 heteroatoms. The molecule has 0 fully saturated rings. The van der Waals surface area contributed by atoms with Crippen molar-refractivity contribution in [2.75, 3.05) is 0 Å². The Morgan fingerprint density at radius 3 is 2.86 bits per heavy atom. The first kappa shape index (κ1) is 13.7. The summed E-state index contributed by atoms with van der Waals surface area (Å²) in [6.07, 6.45) is 5.37. The molecule has 0 bridgehead atoms. The maximum atomic E-state index is 14.3. The Bertz CT molecular complexity index is 716. The minimum atomic E-state index is -0.414. The summed E-state index contributed by atoms with van der Waals surface area (Å²) < 4.78 is 14.3. The van der Waals surface area contributed by atoms with Crippen LogP contribution in [0.25, 0.3) is 0 Å². The van der Waals surface area contributed by atoms with Gasteiger partial charge in [-0.05, 0) is 23.8 Å². The topological polar surface area (TPSA) is 54.5 Å². The Labute approximate surface area is 126 Å². The number of rotatable bonds is 4. The van der Waals surface area contributed by atoms with Gasteiger partial charge in [0.05, 0.1) is 17.0 Å². The van der Waals surface area contributed by atoms with E-state index in [4.69, 9.17) is 11.6 Å². The molecule has 0 saturated heterocycles. The van der Waals surface area contributed by atoms with Gasteiger partial charge >= 0.3 is 0 Å². The summed E-state index contributed by atoms with van der Waals surface area (Å²) in [5.41, 5.74) is 2.09. The Morgan fingerprint density at radius 1 is 1.24 bits per heavy atom. The van der Waals surface area contributed by atoms with Crippen molar-refractivity contribution in [1.29, 1.82) is 0 Å². The highest BCUT2D eigenvalue weighted by molar-refractivity contribution is 6.30. The number of halogens is 2. The number of nitrogens with zero attached hydrogens (tertiary/aromatic N) is 3. The lowest BCUT2D eigenvalue weighted by Gasteiger charge is -2.16. The van der Waals surface area contributed by atoms with E-state index in [0.29, 0.717) is 12.0 Å². The minimum absolute atomic E-state index is 0.108. The van der Waals surface area contributed by atoms with Gasteiger partial charge < -0.3 is 4.98 Å². The van der Waals surface area contributed by atoms with Crippen molar-refractivity contribution in [3.05, 3.63) is 76.8 Å². The van der Waals surface area contributed by atoms with Crippen molar-refractivity contribution in [2.24, 2.45) is 0 Å². The van der Waals surface area contributed by atoms with Crippen LogP contribution in [-0.2, 0) is 6.42 Å². The molecule has 106 valence electrons. The van der Waals surface area contributed by atoms with Crippen LogP contribution in [0.15, 0.2) is 49.1 Å². The van der Waals surface area contributed by atoms with E-state index in [9.17, 15) is 4.39 Å². The minimum Gasteiger partial charge on any atom is -0.348 e. The van der Waals surface area contributed by atoms with Gasteiger partial charge in [0.15, 0.2) is 0 Å². The van der Waals surface area contributed by atoms with E-state index in [1.165, 1.54) is 6.07 Å². The van der Waals surface area contributed by atoms with Gasteiger partial charge in [-0.3, -0.25) is 0 Å². The largest absolute Gasteiger partial charge is 0.348 e. The first-order valence-electron chi connectivity index (χ1n) is 6.44. The lowest BCUT2D eigenvalue weighted by Crippen LogP contribution is -2.09. The number of benzene rings is 1. The molecule has 0 aliphatic carbocycles. The summed E-state index contributed by atoms with van der Waals surface area (Å²) in [6, 6.07) is 8.66. The van der Waals surface area contributed by atoms with Gasteiger partial charge in [0.1, 0.15) is 5.82 Å². The highest BCUT2D eigenvalue weighted by Gasteiger charge is 2.21. The molecule has 0 aliphatic heterocycles. The second-order valence-corrected chi connectivity index (χ2v) is 5.03. The zero-order valence-electron chi connectivity index (χ0n) is 11.0. The molecule has 0 spiro atoms. The number of imidazole rings is 1. The predicted octanol–water partition coefficient (Wildman–Crippen LogP) is 3.37. The lowest BCUT2D eigenvalue weighted by atomic mass is 9.91. The average Bonchev–Trinajstić information content (AvgIpc) is 3.03. The molecule has 1 N–H and O–H groups in total. The van der Waals surface area contributed by atoms with Crippen LogP contribution in [0.5, 0.6) is 0 Å². The van der Waals surface area contributed by atoms with Crippen molar-refractivity contribution >= 4 is 11.6 Å². The van der Waals surface area contributed by atoms with Crippen molar-refractivity contribution < 1.29 is 4.39 Å². The van der Waals surface area contributed by atoms with E-state index in [2.05, 4.69) is 20.2 Å². The van der Waals surface area contributed by atoms with E-state index in [1.807, 2.05) is 6.07 Å². The number of hydrogen-bond donors (Lipinski definition) is 1. The van der Waals surface area contributed by atoms with Crippen LogP contribution in [-0.4, -0.2) is 20.2 Å². The summed E-state index contributed by atoms with van der Waals surface area (Å²) >= 11 is 5.89. The molecule has 4 nitrogen and oxygen atoms in total. The molecule has 0 saturated carbocycles. The molecule has 0 radical (unpaired) electrons. The van der Waals surface area contributed by atoms with Crippen molar-refractivity contribution in [3.8, 4) is 0 Å². The van der Waals surface area contributed by atoms with Crippen LogP contribution in [0.3, 0.4) is 0 Å². The van der Waals surface area contributed by atoms with Gasteiger partial charge in [-0.15, -0.1) is 0 Å². The number of H-pyrrole nitrogens is 1. The van der Waals surface area contributed by atoms with E-state index in [1.54, 1.807) is 36.9 Å². The summed E-state index contributed by atoms with van der Waals surface area (Å²) in [5.74, 6) is -0.662. The number of aromatic nitrogens is 4. The summed E-state index contributed by atoms with van der Waals surface area (Å²) in [5, 5.41) is 8.03. The molecule has 2 heterocycles. The Morgan fingerprint density at radius 2 is 2.14 bits per heavy atom. The van der Waals surface area contributed by atoms with Gasteiger partial charge in [0.2, 0.25) is 0 Å². The van der Waals surface area contributed by atoms with Crippen LogP contribution >= 0.6 is 11.6 Å². The van der Waals surface area contributed by atoms with Crippen LogP contribution in [0.4, 0.5) is 4.39 Å². The first-order chi connectivity index (χ1) is 10.3. The third-order valence-electron chi connectivity index (χ3n) is 3.29. The first-order valence-corrected chi connectivity index (χ1v) is 6.82. The predicted molar refractivity (Wildman–Crippen MR) is 77.6 cm³/mol. The van der Waals surface area contributed by atoms with Gasteiger partial charge in [-0.25, -0.2) is 9.37 Å². The molecule has 1 unspecified atom stereocenters. The van der Waals surface area contributed by atoms with Crippen LogP contribution in [0, 0.1) is 5.82 Å². The molecule has 3 aromatic rings. The second-order valence-electron chi connectivity index (χ2n) is 4.62. The van der Waals surface area contributed by atoms with Crippen LogP contribution in [0.1, 0.15) is 22.9 Å². The average molecular weight is 303 g/mol. The third kappa shape index (κ3) is 2.92. The lowest BCUT2D eigenvalue weighted by molar-refractivity contribution is 0.590. The van der Waals surface area contributed by atoms with Crippen molar-refractivity contribution in [3.63, 3.8) is 0 Å². The third-order valence-corrected chi connectivity index (χ3v) is 3.58. The van der Waals surface area contributed by atoms with Gasteiger partial charge in [-0.2, -0.15) is 10.2 Å². The fourth-order valence-corrected chi connectivity index (χ4v) is 2.47. The summed E-state index contributed by atoms with van der Waals surface area (Å²) in [4.78, 5) is 7.05.